The lowest BCUT2D eigenvalue weighted by atomic mass is 10.1. The molecule has 2 aromatic heterocycles. The summed E-state index contributed by atoms with van der Waals surface area (Å²) in [4.78, 5) is 0. The standard InChI is InChI=1S/C16H25N3O/c1-4-8-17-16(14-7-10-20-12-14)11-15-6-9-19(18-15)13(3)5-2/h6-7,9-10,12-13,16-17H,4-5,8,11H2,1-3H3. The molecule has 2 heterocycles. The van der Waals surface area contributed by atoms with E-state index in [-0.39, 0.29) is 6.04 Å². The lowest BCUT2D eigenvalue weighted by Gasteiger charge is -2.16. The van der Waals surface area contributed by atoms with Crippen LogP contribution in [0.1, 0.15) is 57.0 Å². The topological polar surface area (TPSA) is 43.0 Å². The van der Waals surface area contributed by atoms with Crippen LogP contribution in [-0.2, 0) is 6.42 Å². The predicted molar refractivity (Wildman–Crippen MR) is 80.7 cm³/mol. The molecular weight excluding hydrogens is 250 g/mol. The van der Waals surface area contributed by atoms with Crippen LogP contribution >= 0.6 is 0 Å². The van der Waals surface area contributed by atoms with E-state index >= 15 is 0 Å². The van der Waals surface area contributed by atoms with Gasteiger partial charge in [0, 0.05) is 30.3 Å². The summed E-state index contributed by atoms with van der Waals surface area (Å²) in [6.45, 7) is 7.56. The number of furan rings is 1. The van der Waals surface area contributed by atoms with E-state index in [1.807, 2.05) is 12.3 Å². The van der Waals surface area contributed by atoms with Gasteiger partial charge in [-0.15, -0.1) is 0 Å². The molecule has 110 valence electrons. The molecule has 4 heteroatoms. The fourth-order valence-corrected chi connectivity index (χ4v) is 2.23. The molecular formula is C16H25N3O. The zero-order valence-electron chi connectivity index (χ0n) is 12.7. The minimum Gasteiger partial charge on any atom is -0.472 e. The highest BCUT2D eigenvalue weighted by Gasteiger charge is 2.15. The third-order valence-electron chi connectivity index (χ3n) is 3.71. The van der Waals surface area contributed by atoms with E-state index in [0.717, 1.165) is 31.5 Å². The van der Waals surface area contributed by atoms with Crippen molar-refractivity contribution in [3.63, 3.8) is 0 Å². The summed E-state index contributed by atoms with van der Waals surface area (Å²) in [7, 11) is 0. The van der Waals surface area contributed by atoms with Gasteiger partial charge in [0.05, 0.1) is 18.2 Å². The first-order chi connectivity index (χ1) is 9.74. The Morgan fingerprint density at radius 1 is 1.35 bits per heavy atom. The van der Waals surface area contributed by atoms with Crippen LogP contribution in [0.15, 0.2) is 35.3 Å². The van der Waals surface area contributed by atoms with Gasteiger partial charge in [-0.3, -0.25) is 4.68 Å². The first-order valence-electron chi connectivity index (χ1n) is 7.54. The fourth-order valence-electron chi connectivity index (χ4n) is 2.23. The minimum absolute atomic E-state index is 0.272. The lowest BCUT2D eigenvalue weighted by molar-refractivity contribution is 0.464. The predicted octanol–water partition coefficient (Wildman–Crippen LogP) is 3.73. The maximum atomic E-state index is 5.21. The highest BCUT2D eigenvalue weighted by Crippen LogP contribution is 2.19. The molecule has 1 N–H and O–H groups in total. The van der Waals surface area contributed by atoms with Crippen LogP contribution in [0, 0.1) is 0 Å². The monoisotopic (exact) mass is 275 g/mol. The summed E-state index contributed by atoms with van der Waals surface area (Å²) < 4.78 is 7.27. The Kier molecular flexibility index (Phi) is 5.41. The third kappa shape index (κ3) is 3.73. The molecule has 0 saturated carbocycles. The van der Waals surface area contributed by atoms with Crippen LogP contribution in [0.3, 0.4) is 0 Å². The van der Waals surface area contributed by atoms with Gasteiger partial charge >= 0.3 is 0 Å². The Morgan fingerprint density at radius 3 is 2.85 bits per heavy atom. The summed E-state index contributed by atoms with van der Waals surface area (Å²) >= 11 is 0. The Hall–Kier alpha value is -1.55. The van der Waals surface area contributed by atoms with Gasteiger partial charge < -0.3 is 9.73 Å². The minimum atomic E-state index is 0.272. The van der Waals surface area contributed by atoms with Crippen LogP contribution in [0.5, 0.6) is 0 Å². The summed E-state index contributed by atoms with van der Waals surface area (Å²) in [6, 6.07) is 4.87. The molecule has 4 nitrogen and oxygen atoms in total. The second-order valence-corrected chi connectivity index (χ2v) is 5.31. The molecule has 0 amide bonds. The molecule has 0 aliphatic heterocycles. The average molecular weight is 275 g/mol. The normalized spacial score (nSPS) is 14.3. The first kappa shape index (κ1) is 14.9. The summed E-state index contributed by atoms with van der Waals surface area (Å²) in [5.74, 6) is 0. The molecule has 0 radical (unpaired) electrons. The number of nitrogens with one attached hydrogen (secondary N) is 1. The quantitative estimate of drug-likeness (QED) is 0.798. The molecule has 0 fully saturated rings. The van der Waals surface area contributed by atoms with E-state index in [4.69, 9.17) is 4.42 Å². The molecule has 0 saturated heterocycles. The second kappa shape index (κ2) is 7.29. The molecule has 0 aliphatic carbocycles. The van der Waals surface area contributed by atoms with E-state index in [2.05, 4.69) is 48.1 Å². The number of hydrogen-bond donors (Lipinski definition) is 1. The molecule has 2 atom stereocenters. The van der Waals surface area contributed by atoms with Crippen molar-refractivity contribution in [2.75, 3.05) is 6.54 Å². The van der Waals surface area contributed by atoms with Crippen LogP contribution in [0.25, 0.3) is 0 Å². The average Bonchev–Trinajstić information content (AvgIpc) is 3.13. The number of nitrogens with zero attached hydrogens (tertiary/aromatic N) is 2. The van der Waals surface area contributed by atoms with Crippen molar-refractivity contribution in [1.82, 2.24) is 15.1 Å². The van der Waals surface area contributed by atoms with E-state index in [0.29, 0.717) is 6.04 Å². The van der Waals surface area contributed by atoms with Crippen molar-refractivity contribution in [2.24, 2.45) is 0 Å². The molecule has 20 heavy (non-hydrogen) atoms. The second-order valence-electron chi connectivity index (χ2n) is 5.31. The molecule has 0 spiro atoms. The van der Waals surface area contributed by atoms with Gasteiger partial charge in [-0.1, -0.05) is 13.8 Å². The third-order valence-corrected chi connectivity index (χ3v) is 3.71. The number of hydrogen-bond acceptors (Lipinski definition) is 3. The Balaban J connectivity index is 2.05. The zero-order valence-corrected chi connectivity index (χ0v) is 12.7. The van der Waals surface area contributed by atoms with Crippen LogP contribution in [0.2, 0.25) is 0 Å². The summed E-state index contributed by atoms with van der Waals surface area (Å²) in [6.07, 6.45) is 8.74. The maximum absolute atomic E-state index is 5.21. The molecule has 0 aliphatic rings. The highest BCUT2D eigenvalue weighted by atomic mass is 16.3. The van der Waals surface area contributed by atoms with Crippen molar-refractivity contribution in [1.29, 1.82) is 0 Å². The van der Waals surface area contributed by atoms with Gasteiger partial charge in [0.1, 0.15) is 0 Å². The van der Waals surface area contributed by atoms with Crippen molar-refractivity contribution in [3.8, 4) is 0 Å². The van der Waals surface area contributed by atoms with E-state index in [1.165, 1.54) is 5.56 Å². The van der Waals surface area contributed by atoms with Crippen molar-refractivity contribution < 1.29 is 4.42 Å². The van der Waals surface area contributed by atoms with Crippen molar-refractivity contribution in [2.45, 2.75) is 52.1 Å². The maximum Gasteiger partial charge on any atom is 0.0950 e. The van der Waals surface area contributed by atoms with Gasteiger partial charge in [0.15, 0.2) is 0 Å². The highest BCUT2D eigenvalue weighted by molar-refractivity contribution is 5.15. The largest absolute Gasteiger partial charge is 0.472 e. The van der Waals surface area contributed by atoms with Gasteiger partial charge in [-0.25, -0.2) is 0 Å². The molecule has 2 unspecified atom stereocenters. The molecule has 0 bridgehead atoms. The van der Waals surface area contributed by atoms with Crippen molar-refractivity contribution >= 4 is 0 Å². The Labute approximate surface area is 121 Å². The van der Waals surface area contributed by atoms with Gasteiger partial charge in [-0.2, -0.15) is 5.10 Å². The Morgan fingerprint density at radius 2 is 2.20 bits per heavy atom. The number of rotatable bonds is 8. The zero-order chi connectivity index (χ0) is 14.4. The van der Waals surface area contributed by atoms with Gasteiger partial charge in [0.2, 0.25) is 0 Å². The van der Waals surface area contributed by atoms with Crippen LogP contribution in [0.4, 0.5) is 0 Å². The van der Waals surface area contributed by atoms with E-state index in [9.17, 15) is 0 Å². The molecule has 2 aromatic rings. The van der Waals surface area contributed by atoms with Crippen LogP contribution in [-0.4, -0.2) is 16.3 Å². The summed E-state index contributed by atoms with van der Waals surface area (Å²) in [5, 5.41) is 8.25. The SMILES string of the molecule is CCCNC(Cc1ccn(C(C)CC)n1)c1ccoc1. The van der Waals surface area contributed by atoms with E-state index in [1.54, 1.807) is 6.26 Å². The lowest BCUT2D eigenvalue weighted by Crippen LogP contribution is -2.24. The van der Waals surface area contributed by atoms with Gasteiger partial charge in [0.25, 0.3) is 0 Å². The summed E-state index contributed by atoms with van der Waals surface area (Å²) in [5.41, 5.74) is 2.32. The Bertz CT molecular complexity index is 490. The van der Waals surface area contributed by atoms with Crippen molar-refractivity contribution in [3.05, 3.63) is 42.1 Å². The first-order valence-corrected chi connectivity index (χ1v) is 7.54. The molecule has 0 aromatic carbocycles. The van der Waals surface area contributed by atoms with Crippen LogP contribution < -0.4 is 5.32 Å². The smallest absolute Gasteiger partial charge is 0.0950 e. The molecule has 2 rings (SSSR count). The van der Waals surface area contributed by atoms with Gasteiger partial charge in [-0.05, 0) is 38.4 Å². The fraction of sp³-hybridized carbons (Fsp3) is 0.562. The van der Waals surface area contributed by atoms with E-state index < -0.39 is 0 Å². The number of aromatic nitrogens is 2.